The number of aromatic nitrogens is 2. The van der Waals surface area contributed by atoms with Crippen molar-refractivity contribution in [2.45, 2.75) is 19.9 Å². The van der Waals surface area contributed by atoms with Gasteiger partial charge in [-0.3, -0.25) is 0 Å². The molecule has 0 saturated heterocycles. The highest BCUT2D eigenvalue weighted by Crippen LogP contribution is 2.12. The fourth-order valence-corrected chi connectivity index (χ4v) is 1.79. The summed E-state index contributed by atoms with van der Waals surface area (Å²) in [5, 5.41) is 0. The molecule has 4 heteroatoms. The van der Waals surface area contributed by atoms with Gasteiger partial charge in [-0.05, 0) is 12.0 Å². The number of rotatable bonds is 5. The second kappa shape index (κ2) is 6.10. The van der Waals surface area contributed by atoms with Gasteiger partial charge in [0, 0.05) is 13.1 Å². The average molecular weight is 245 g/mol. The third-order valence-electron chi connectivity index (χ3n) is 2.60. The molecule has 18 heavy (non-hydrogen) atoms. The Morgan fingerprint density at radius 1 is 1.11 bits per heavy atom. The van der Waals surface area contributed by atoms with Crippen molar-refractivity contribution in [2.24, 2.45) is 0 Å². The van der Waals surface area contributed by atoms with Gasteiger partial charge in [0.15, 0.2) is 5.82 Å². The molecule has 0 amide bonds. The van der Waals surface area contributed by atoms with E-state index in [0.29, 0.717) is 5.95 Å². The molecule has 0 bridgehead atoms. The lowest BCUT2D eigenvalue weighted by molar-refractivity contribution is 0.610. The summed E-state index contributed by atoms with van der Waals surface area (Å²) in [7, 11) is 0. The number of halogens is 1. The Morgan fingerprint density at radius 2 is 1.78 bits per heavy atom. The van der Waals surface area contributed by atoms with Crippen LogP contribution in [0.5, 0.6) is 0 Å². The van der Waals surface area contributed by atoms with Gasteiger partial charge in [-0.15, -0.1) is 0 Å². The fraction of sp³-hybridized carbons (Fsp3) is 0.286. The molecule has 0 aliphatic carbocycles. The van der Waals surface area contributed by atoms with E-state index < -0.39 is 5.82 Å². The third kappa shape index (κ3) is 3.26. The van der Waals surface area contributed by atoms with E-state index in [-0.39, 0.29) is 0 Å². The molecule has 0 aliphatic rings. The first-order chi connectivity index (χ1) is 8.79. The Hall–Kier alpha value is -1.97. The maximum absolute atomic E-state index is 12.8. The van der Waals surface area contributed by atoms with Crippen LogP contribution in [-0.2, 0) is 6.54 Å². The van der Waals surface area contributed by atoms with Crippen LogP contribution in [0.25, 0.3) is 0 Å². The van der Waals surface area contributed by atoms with E-state index in [1.54, 1.807) is 0 Å². The fourth-order valence-electron chi connectivity index (χ4n) is 1.79. The minimum absolute atomic E-state index is 0.407. The lowest BCUT2D eigenvalue weighted by Gasteiger charge is -2.21. The second-order valence-corrected chi connectivity index (χ2v) is 4.11. The van der Waals surface area contributed by atoms with Gasteiger partial charge in [0.2, 0.25) is 5.95 Å². The van der Waals surface area contributed by atoms with Crippen molar-refractivity contribution in [1.29, 1.82) is 0 Å². The van der Waals surface area contributed by atoms with Gasteiger partial charge in [0.1, 0.15) is 0 Å². The van der Waals surface area contributed by atoms with E-state index >= 15 is 0 Å². The molecule has 0 unspecified atom stereocenters. The lowest BCUT2D eigenvalue weighted by Crippen LogP contribution is -2.25. The van der Waals surface area contributed by atoms with Gasteiger partial charge in [-0.1, -0.05) is 37.3 Å². The number of hydrogen-bond acceptors (Lipinski definition) is 3. The van der Waals surface area contributed by atoms with Crippen molar-refractivity contribution >= 4 is 5.95 Å². The van der Waals surface area contributed by atoms with Gasteiger partial charge in [-0.25, -0.2) is 14.4 Å². The molecule has 3 nitrogen and oxygen atoms in total. The van der Waals surface area contributed by atoms with Crippen molar-refractivity contribution in [3.63, 3.8) is 0 Å². The Labute approximate surface area is 106 Å². The standard InChI is InChI=1S/C14H16FN3/c1-2-8-18(11-12-6-4-3-5-7-12)14-16-9-13(15)10-17-14/h3-7,9-10H,2,8,11H2,1H3. The Morgan fingerprint density at radius 3 is 2.39 bits per heavy atom. The molecule has 1 aromatic heterocycles. The zero-order valence-corrected chi connectivity index (χ0v) is 10.4. The van der Waals surface area contributed by atoms with Crippen molar-refractivity contribution in [2.75, 3.05) is 11.4 Å². The number of benzene rings is 1. The zero-order valence-electron chi connectivity index (χ0n) is 10.4. The molecule has 1 aromatic carbocycles. The maximum Gasteiger partial charge on any atom is 0.225 e. The van der Waals surface area contributed by atoms with Gasteiger partial charge >= 0.3 is 0 Å². The first-order valence-electron chi connectivity index (χ1n) is 6.06. The highest BCUT2D eigenvalue weighted by Gasteiger charge is 2.09. The van der Waals surface area contributed by atoms with Crippen LogP contribution >= 0.6 is 0 Å². The minimum Gasteiger partial charge on any atom is -0.337 e. The third-order valence-corrected chi connectivity index (χ3v) is 2.60. The van der Waals surface area contributed by atoms with E-state index in [4.69, 9.17) is 0 Å². The molecule has 0 spiro atoms. The predicted molar refractivity (Wildman–Crippen MR) is 69.8 cm³/mol. The number of hydrogen-bond donors (Lipinski definition) is 0. The smallest absolute Gasteiger partial charge is 0.225 e. The summed E-state index contributed by atoms with van der Waals surface area (Å²) in [4.78, 5) is 10.1. The van der Waals surface area contributed by atoms with Gasteiger partial charge in [-0.2, -0.15) is 0 Å². The largest absolute Gasteiger partial charge is 0.337 e. The van der Waals surface area contributed by atoms with Gasteiger partial charge in [0.05, 0.1) is 12.4 Å². The molecule has 2 rings (SSSR count). The van der Waals surface area contributed by atoms with E-state index in [0.717, 1.165) is 19.5 Å². The molecular weight excluding hydrogens is 229 g/mol. The lowest BCUT2D eigenvalue weighted by atomic mass is 10.2. The SMILES string of the molecule is CCCN(Cc1ccccc1)c1ncc(F)cn1. The zero-order chi connectivity index (χ0) is 12.8. The van der Waals surface area contributed by atoms with E-state index in [2.05, 4.69) is 33.9 Å². The van der Waals surface area contributed by atoms with Crippen LogP contribution in [-0.4, -0.2) is 16.5 Å². The van der Waals surface area contributed by atoms with Crippen LogP contribution in [0.15, 0.2) is 42.7 Å². The van der Waals surface area contributed by atoms with E-state index in [1.807, 2.05) is 18.2 Å². The molecule has 1 heterocycles. The normalized spacial score (nSPS) is 10.3. The average Bonchev–Trinajstić information content (AvgIpc) is 2.40. The second-order valence-electron chi connectivity index (χ2n) is 4.11. The minimum atomic E-state index is -0.407. The summed E-state index contributed by atoms with van der Waals surface area (Å²) in [6, 6.07) is 10.1. The van der Waals surface area contributed by atoms with Crippen LogP contribution in [0.3, 0.4) is 0 Å². The summed E-state index contributed by atoms with van der Waals surface area (Å²) in [5.74, 6) is 0.164. The summed E-state index contributed by atoms with van der Waals surface area (Å²) in [6.45, 7) is 3.68. The van der Waals surface area contributed by atoms with Crippen molar-refractivity contribution in [1.82, 2.24) is 9.97 Å². The van der Waals surface area contributed by atoms with Crippen LogP contribution in [0.2, 0.25) is 0 Å². The monoisotopic (exact) mass is 245 g/mol. The topological polar surface area (TPSA) is 29.0 Å². The Kier molecular flexibility index (Phi) is 4.23. The summed E-state index contributed by atoms with van der Waals surface area (Å²) in [5.41, 5.74) is 1.19. The molecule has 94 valence electrons. The van der Waals surface area contributed by atoms with Gasteiger partial charge in [0.25, 0.3) is 0 Å². The van der Waals surface area contributed by atoms with Crippen LogP contribution in [0, 0.1) is 5.82 Å². The maximum atomic E-state index is 12.8. The molecule has 0 saturated carbocycles. The molecule has 0 atom stereocenters. The first kappa shape index (κ1) is 12.5. The molecule has 0 aliphatic heterocycles. The highest BCUT2D eigenvalue weighted by atomic mass is 19.1. The number of nitrogens with zero attached hydrogens (tertiary/aromatic N) is 3. The van der Waals surface area contributed by atoms with Crippen LogP contribution in [0.1, 0.15) is 18.9 Å². The first-order valence-corrected chi connectivity index (χ1v) is 6.06. The molecule has 0 fully saturated rings. The summed E-state index contributed by atoms with van der Waals surface area (Å²) in [6.07, 6.45) is 3.40. The molecule has 2 aromatic rings. The molecular formula is C14H16FN3. The highest BCUT2D eigenvalue weighted by molar-refractivity contribution is 5.31. The van der Waals surface area contributed by atoms with Crippen molar-refractivity contribution < 1.29 is 4.39 Å². The summed E-state index contributed by atoms with van der Waals surface area (Å²) < 4.78 is 12.8. The van der Waals surface area contributed by atoms with Gasteiger partial charge < -0.3 is 4.90 Å². The Balaban J connectivity index is 2.15. The Bertz CT molecular complexity index is 470. The quantitative estimate of drug-likeness (QED) is 0.810. The number of anilines is 1. The van der Waals surface area contributed by atoms with Crippen molar-refractivity contribution in [3.8, 4) is 0 Å². The van der Waals surface area contributed by atoms with Crippen LogP contribution in [0.4, 0.5) is 10.3 Å². The van der Waals surface area contributed by atoms with Crippen molar-refractivity contribution in [3.05, 3.63) is 54.1 Å². The van der Waals surface area contributed by atoms with E-state index in [9.17, 15) is 4.39 Å². The summed E-state index contributed by atoms with van der Waals surface area (Å²) >= 11 is 0. The predicted octanol–water partition coefficient (Wildman–Crippen LogP) is 3.03. The molecule has 0 N–H and O–H groups in total. The molecule has 0 radical (unpaired) electrons. The van der Waals surface area contributed by atoms with E-state index in [1.165, 1.54) is 18.0 Å². The van der Waals surface area contributed by atoms with Crippen LogP contribution < -0.4 is 4.90 Å².